The van der Waals surface area contributed by atoms with E-state index in [4.69, 9.17) is 4.74 Å². The van der Waals surface area contributed by atoms with Crippen molar-refractivity contribution in [1.82, 2.24) is 14.8 Å². The molecule has 2 unspecified atom stereocenters. The third-order valence-electron chi connectivity index (χ3n) is 7.96. The van der Waals surface area contributed by atoms with E-state index in [1.165, 1.54) is 6.42 Å². The van der Waals surface area contributed by atoms with Crippen molar-refractivity contribution in [1.29, 1.82) is 0 Å². The first-order valence-corrected chi connectivity index (χ1v) is 14.1. The van der Waals surface area contributed by atoms with E-state index in [1.54, 1.807) is 17.2 Å². The molecule has 0 bridgehead atoms. The van der Waals surface area contributed by atoms with Gasteiger partial charge >= 0.3 is 0 Å². The molecule has 1 aromatic heterocycles. The van der Waals surface area contributed by atoms with Crippen LogP contribution in [0, 0.1) is 0 Å². The number of hydrogen-bond acceptors (Lipinski definition) is 7. The van der Waals surface area contributed by atoms with Gasteiger partial charge in [-0.15, -0.1) is 0 Å². The molecule has 40 heavy (non-hydrogen) atoms. The summed E-state index contributed by atoms with van der Waals surface area (Å²) in [5, 5.41) is 3.40. The van der Waals surface area contributed by atoms with Crippen molar-refractivity contribution in [3.63, 3.8) is 0 Å². The molecule has 5 heterocycles. The van der Waals surface area contributed by atoms with E-state index in [9.17, 15) is 9.59 Å². The lowest BCUT2D eigenvalue weighted by atomic mass is 10.0. The van der Waals surface area contributed by atoms with E-state index >= 15 is 0 Å². The maximum absolute atomic E-state index is 13.1. The van der Waals surface area contributed by atoms with Crippen molar-refractivity contribution in [3.8, 4) is 0 Å². The number of carbonyl (C=O) groups is 2. The maximum Gasteiger partial charge on any atom is 0.257 e. The maximum atomic E-state index is 13.1. The standard InChI is InChI=1S/C30H35N7O3/c1-22-5-2-3-11-37(22)28(38)18-23-6-4-7-25(17-23)36-20-26(29-31-10-12-35(29)21-36)33-27-9-8-24(19-32-27)30(39)34-13-15-40-16-14-34/h4,6-10,12,17,19-20,22H,2-3,5,11,13-16,18,21H2,1H3,(H,32,33)/p+1. The van der Waals surface area contributed by atoms with Crippen molar-refractivity contribution in [2.75, 3.05) is 49.7 Å². The number of morpholine rings is 1. The minimum absolute atomic E-state index is 0.0292. The number of aromatic nitrogens is 1. The molecule has 10 nitrogen and oxygen atoms in total. The number of aliphatic imine (C=N–C) groups is 1. The lowest BCUT2D eigenvalue weighted by Crippen LogP contribution is -3.12. The zero-order valence-electron chi connectivity index (χ0n) is 22.9. The monoisotopic (exact) mass is 542 g/mol. The molecule has 2 fully saturated rings. The number of amidine groups is 1. The molecule has 6 rings (SSSR count). The van der Waals surface area contributed by atoms with Gasteiger partial charge in [0.1, 0.15) is 17.7 Å². The van der Waals surface area contributed by atoms with Crippen LogP contribution in [0.3, 0.4) is 0 Å². The molecule has 2 atom stereocenters. The number of likely N-dealkylation sites (tertiary alicyclic amines) is 1. The average molecular weight is 543 g/mol. The molecule has 0 saturated carbocycles. The normalized spacial score (nSPS) is 22.5. The molecule has 0 radical (unpaired) electrons. The first-order chi connectivity index (χ1) is 19.5. The van der Waals surface area contributed by atoms with Crippen molar-refractivity contribution < 1.29 is 19.2 Å². The molecule has 0 spiro atoms. The highest BCUT2D eigenvalue weighted by Crippen LogP contribution is 2.22. The molecular weight excluding hydrogens is 506 g/mol. The van der Waals surface area contributed by atoms with E-state index in [1.807, 2.05) is 41.7 Å². The fourth-order valence-electron chi connectivity index (χ4n) is 5.71. The molecule has 2 aromatic rings. The van der Waals surface area contributed by atoms with Crippen LogP contribution in [0.4, 0.5) is 11.5 Å². The Hall–Kier alpha value is -4.02. The van der Waals surface area contributed by atoms with Crippen LogP contribution in [-0.4, -0.2) is 78.0 Å². The average Bonchev–Trinajstić information content (AvgIpc) is 3.47. The van der Waals surface area contributed by atoms with Crippen molar-refractivity contribution in [2.24, 2.45) is 4.99 Å². The van der Waals surface area contributed by atoms with Gasteiger partial charge in [-0.25, -0.2) is 9.88 Å². The highest BCUT2D eigenvalue weighted by atomic mass is 16.5. The Morgan fingerprint density at radius 3 is 2.80 bits per heavy atom. The largest absolute Gasteiger partial charge is 0.378 e. The van der Waals surface area contributed by atoms with Gasteiger partial charge in [-0.05, 0) is 56.0 Å². The van der Waals surface area contributed by atoms with Crippen LogP contribution in [0.2, 0.25) is 0 Å². The number of nitrogens with one attached hydrogen (secondary N) is 2. The number of nitrogens with zero attached hydrogens (tertiary/aromatic N) is 5. The SMILES string of the molecule is CC1CCCCN1C(=O)Cc1cccc(N2C=C(Nc3ccc(C(=O)N4CCOCC4)cn3)C3=NC=C[NH+]3C2)c1. The minimum Gasteiger partial charge on any atom is -0.378 e. The smallest absolute Gasteiger partial charge is 0.257 e. The molecular formula is C30H36N7O3+. The fraction of sp³-hybridized carbons (Fsp3) is 0.400. The summed E-state index contributed by atoms with van der Waals surface area (Å²) in [6, 6.07) is 12.2. The molecule has 2 saturated heterocycles. The van der Waals surface area contributed by atoms with Gasteiger partial charge in [-0.2, -0.15) is 4.99 Å². The number of rotatable bonds is 6. The van der Waals surface area contributed by atoms with E-state index in [2.05, 4.69) is 39.2 Å². The molecule has 2 amide bonds. The lowest BCUT2D eigenvalue weighted by Gasteiger charge is -2.33. The topological polar surface area (TPSA) is 94.8 Å². The van der Waals surface area contributed by atoms with Gasteiger partial charge in [0, 0.05) is 43.8 Å². The second-order valence-corrected chi connectivity index (χ2v) is 10.7. The molecule has 4 aliphatic rings. The van der Waals surface area contributed by atoms with E-state index in [0.29, 0.717) is 56.8 Å². The number of pyridine rings is 1. The molecule has 2 N–H and O–H groups in total. The summed E-state index contributed by atoms with van der Waals surface area (Å²) in [6.45, 7) is 6.01. The van der Waals surface area contributed by atoms with Crippen LogP contribution >= 0.6 is 0 Å². The summed E-state index contributed by atoms with van der Waals surface area (Å²) in [5.74, 6) is 1.69. The third-order valence-corrected chi connectivity index (χ3v) is 7.96. The Morgan fingerprint density at radius 2 is 2.00 bits per heavy atom. The summed E-state index contributed by atoms with van der Waals surface area (Å²) in [6.07, 6.45) is 11.3. The van der Waals surface area contributed by atoms with Gasteiger partial charge in [0.05, 0.1) is 31.4 Å². The summed E-state index contributed by atoms with van der Waals surface area (Å²) in [5.41, 5.74) is 3.41. The van der Waals surface area contributed by atoms with Gasteiger partial charge in [-0.3, -0.25) is 14.5 Å². The van der Waals surface area contributed by atoms with Crippen LogP contribution in [0.5, 0.6) is 0 Å². The summed E-state index contributed by atoms with van der Waals surface area (Å²) >= 11 is 0. The van der Waals surface area contributed by atoms with Crippen molar-refractivity contribution in [2.45, 2.75) is 38.6 Å². The Bertz CT molecular complexity index is 1350. The third kappa shape index (κ3) is 5.64. The second kappa shape index (κ2) is 11.6. The molecule has 0 aliphatic carbocycles. The number of quaternary nitrogens is 1. The summed E-state index contributed by atoms with van der Waals surface area (Å²) in [4.78, 5) is 42.0. The van der Waals surface area contributed by atoms with Crippen molar-refractivity contribution >= 4 is 29.2 Å². The van der Waals surface area contributed by atoms with Gasteiger partial charge in [0.2, 0.25) is 5.91 Å². The Balaban J connectivity index is 1.17. The quantitative estimate of drug-likeness (QED) is 0.580. The number of benzene rings is 1. The number of anilines is 2. The lowest BCUT2D eigenvalue weighted by molar-refractivity contribution is -0.743. The van der Waals surface area contributed by atoms with Crippen LogP contribution < -0.4 is 15.1 Å². The second-order valence-electron chi connectivity index (χ2n) is 10.7. The van der Waals surface area contributed by atoms with Gasteiger partial charge in [-0.1, -0.05) is 12.1 Å². The highest BCUT2D eigenvalue weighted by Gasteiger charge is 2.31. The molecule has 10 heteroatoms. The van der Waals surface area contributed by atoms with E-state index in [0.717, 1.165) is 47.1 Å². The predicted molar refractivity (Wildman–Crippen MR) is 153 cm³/mol. The van der Waals surface area contributed by atoms with E-state index < -0.39 is 0 Å². The van der Waals surface area contributed by atoms with Crippen LogP contribution in [0.25, 0.3) is 0 Å². The predicted octanol–water partition coefficient (Wildman–Crippen LogP) is 2.00. The number of hydrogen-bond donors (Lipinski definition) is 2. The summed E-state index contributed by atoms with van der Waals surface area (Å²) in [7, 11) is 0. The zero-order chi connectivity index (χ0) is 27.5. The van der Waals surface area contributed by atoms with Crippen LogP contribution in [-0.2, 0) is 16.0 Å². The number of amides is 2. The molecule has 208 valence electrons. The first kappa shape index (κ1) is 26.2. The van der Waals surface area contributed by atoms with Crippen LogP contribution in [0.1, 0.15) is 42.1 Å². The van der Waals surface area contributed by atoms with Gasteiger partial charge in [0.25, 0.3) is 11.7 Å². The highest BCUT2D eigenvalue weighted by molar-refractivity contribution is 5.97. The Labute approximate surface area is 234 Å². The van der Waals surface area contributed by atoms with E-state index in [-0.39, 0.29) is 11.8 Å². The fourth-order valence-corrected chi connectivity index (χ4v) is 5.71. The number of fused-ring (bicyclic) bond motifs is 1. The van der Waals surface area contributed by atoms with Gasteiger partial charge < -0.3 is 19.9 Å². The Kier molecular flexibility index (Phi) is 7.61. The zero-order valence-corrected chi connectivity index (χ0v) is 22.9. The first-order valence-electron chi connectivity index (χ1n) is 14.1. The number of piperidine rings is 1. The molecule has 4 aliphatic heterocycles. The number of ether oxygens (including phenoxy) is 1. The summed E-state index contributed by atoms with van der Waals surface area (Å²) < 4.78 is 5.35. The van der Waals surface area contributed by atoms with Gasteiger partial charge in [0.15, 0.2) is 6.67 Å². The Morgan fingerprint density at radius 1 is 1.12 bits per heavy atom. The number of carbonyl (C=O) groups excluding carboxylic acids is 2. The van der Waals surface area contributed by atoms with Crippen LogP contribution in [0.15, 0.2) is 71.9 Å². The van der Waals surface area contributed by atoms with Crippen molar-refractivity contribution in [3.05, 3.63) is 78.0 Å². The molecule has 1 aromatic carbocycles. The minimum atomic E-state index is -0.0292.